The van der Waals surface area contributed by atoms with Crippen LogP contribution in [0.4, 0.5) is 16.0 Å². The van der Waals surface area contributed by atoms with Crippen LogP contribution in [0.2, 0.25) is 5.02 Å². The third-order valence-electron chi connectivity index (χ3n) is 2.16. The molecule has 0 spiro atoms. The summed E-state index contributed by atoms with van der Waals surface area (Å²) in [7, 11) is 0. The molecule has 0 amide bonds. The molecule has 0 atom stereocenters. The molecule has 6 heteroatoms. The maximum atomic E-state index is 13.0. The van der Waals surface area contributed by atoms with E-state index in [1.54, 1.807) is 18.3 Å². The lowest BCUT2D eigenvalue weighted by atomic mass is 10.3. The van der Waals surface area contributed by atoms with E-state index < -0.39 is 5.82 Å². The second kappa shape index (κ2) is 5.84. The molecular formula is C13H13ClFN3O. The van der Waals surface area contributed by atoms with Gasteiger partial charge in [0.05, 0.1) is 11.1 Å². The highest BCUT2D eigenvalue weighted by Gasteiger charge is 2.05. The van der Waals surface area contributed by atoms with Gasteiger partial charge in [0.1, 0.15) is 5.82 Å². The Hall–Kier alpha value is -1.88. The minimum absolute atomic E-state index is 0.0306. The largest absolute Gasteiger partial charge is 0.475 e. The lowest BCUT2D eigenvalue weighted by molar-refractivity contribution is 0.232. The minimum atomic E-state index is -0.468. The van der Waals surface area contributed by atoms with E-state index in [0.29, 0.717) is 17.5 Å². The van der Waals surface area contributed by atoms with E-state index >= 15 is 0 Å². The molecule has 1 heterocycles. The Balaban J connectivity index is 2.16. The van der Waals surface area contributed by atoms with Crippen LogP contribution in [-0.4, -0.2) is 16.1 Å². The zero-order valence-electron chi connectivity index (χ0n) is 10.5. The zero-order valence-corrected chi connectivity index (χ0v) is 11.3. The molecule has 19 heavy (non-hydrogen) atoms. The number of hydrogen-bond acceptors (Lipinski definition) is 4. The van der Waals surface area contributed by atoms with Crippen LogP contribution in [0.3, 0.4) is 0 Å². The summed E-state index contributed by atoms with van der Waals surface area (Å²) in [6.45, 7) is 3.82. The quantitative estimate of drug-likeness (QED) is 0.926. The van der Waals surface area contributed by atoms with Gasteiger partial charge >= 0.3 is 0 Å². The van der Waals surface area contributed by atoms with E-state index in [1.807, 2.05) is 13.8 Å². The van der Waals surface area contributed by atoms with Crippen molar-refractivity contribution in [3.05, 3.63) is 41.3 Å². The fourth-order valence-electron chi connectivity index (χ4n) is 1.41. The molecule has 2 aromatic rings. The number of halogens is 2. The van der Waals surface area contributed by atoms with Crippen molar-refractivity contribution in [2.45, 2.75) is 20.0 Å². The van der Waals surface area contributed by atoms with E-state index in [4.69, 9.17) is 16.3 Å². The molecule has 1 aromatic carbocycles. The van der Waals surface area contributed by atoms with E-state index in [1.165, 1.54) is 12.1 Å². The Morgan fingerprint density at radius 1 is 1.32 bits per heavy atom. The highest BCUT2D eigenvalue weighted by molar-refractivity contribution is 6.31. The first-order valence-electron chi connectivity index (χ1n) is 5.76. The van der Waals surface area contributed by atoms with Gasteiger partial charge in [-0.1, -0.05) is 11.6 Å². The number of rotatable bonds is 4. The molecule has 0 saturated carbocycles. The van der Waals surface area contributed by atoms with Gasteiger partial charge in [0.15, 0.2) is 0 Å². The summed E-state index contributed by atoms with van der Waals surface area (Å²) in [6.07, 6.45) is 1.61. The molecule has 100 valence electrons. The lowest BCUT2D eigenvalue weighted by Crippen LogP contribution is -2.08. The van der Waals surface area contributed by atoms with Gasteiger partial charge in [-0.25, -0.2) is 9.37 Å². The van der Waals surface area contributed by atoms with Crippen LogP contribution in [-0.2, 0) is 0 Å². The first-order valence-corrected chi connectivity index (χ1v) is 6.14. The summed E-state index contributed by atoms with van der Waals surface area (Å²) >= 11 is 5.70. The Kier molecular flexibility index (Phi) is 4.16. The fraction of sp³-hybridized carbons (Fsp3) is 0.231. The molecule has 4 nitrogen and oxygen atoms in total. The first-order chi connectivity index (χ1) is 9.04. The number of nitrogens with zero attached hydrogens (tertiary/aromatic N) is 2. The molecule has 0 aliphatic heterocycles. The summed E-state index contributed by atoms with van der Waals surface area (Å²) in [5.74, 6) is 0.367. The molecule has 0 aliphatic carbocycles. The van der Waals surface area contributed by atoms with Crippen LogP contribution in [0.5, 0.6) is 5.88 Å². The second-order valence-electron chi connectivity index (χ2n) is 4.14. The fourth-order valence-corrected chi connectivity index (χ4v) is 1.59. The predicted molar refractivity (Wildman–Crippen MR) is 72.5 cm³/mol. The lowest BCUT2D eigenvalue weighted by Gasteiger charge is -2.10. The van der Waals surface area contributed by atoms with E-state index in [0.717, 1.165) is 0 Å². The minimum Gasteiger partial charge on any atom is -0.475 e. The normalized spacial score (nSPS) is 10.6. The predicted octanol–water partition coefficient (Wildman–Crippen LogP) is 3.80. The van der Waals surface area contributed by atoms with Crippen LogP contribution in [0.1, 0.15) is 13.8 Å². The molecule has 0 saturated heterocycles. The molecule has 2 rings (SSSR count). The van der Waals surface area contributed by atoms with Crippen molar-refractivity contribution in [3.63, 3.8) is 0 Å². The third-order valence-corrected chi connectivity index (χ3v) is 2.45. The van der Waals surface area contributed by atoms with Crippen molar-refractivity contribution in [2.75, 3.05) is 5.32 Å². The van der Waals surface area contributed by atoms with Crippen LogP contribution < -0.4 is 10.1 Å². The van der Waals surface area contributed by atoms with Crippen molar-refractivity contribution < 1.29 is 9.13 Å². The molecule has 0 aliphatic rings. The summed E-state index contributed by atoms with van der Waals surface area (Å²) in [6, 6.07) is 5.97. The summed E-state index contributed by atoms with van der Waals surface area (Å²) < 4.78 is 18.5. The molecular weight excluding hydrogens is 269 g/mol. The summed E-state index contributed by atoms with van der Waals surface area (Å²) in [5.41, 5.74) is 0.605. The van der Waals surface area contributed by atoms with Crippen LogP contribution in [0.25, 0.3) is 0 Å². The first kappa shape index (κ1) is 13.5. The number of benzene rings is 1. The molecule has 0 bridgehead atoms. The number of nitrogens with one attached hydrogen (secondary N) is 1. The molecule has 1 N–H and O–H groups in total. The number of anilines is 2. The van der Waals surface area contributed by atoms with Gasteiger partial charge in [0, 0.05) is 18.0 Å². The van der Waals surface area contributed by atoms with Crippen molar-refractivity contribution in [3.8, 4) is 5.88 Å². The Bertz CT molecular complexity index is 578. The standard InChI is InChI=1S/C13H13ClFN3O/c1-8(2)19-12-5-6-16-13(18-12)17-9-3-4-11(15)10(14)7-9/h3-8H,1-2H3,(H,16,17,18). The smallest absolute Gasteiger partial charge is 0.230 e. The highest BCUT2D eigenvalue weighted by atomic mass is 35.5. The number of ether oxygens (including phenoxy) is 1. The molecule has 0 radical (unpaired) electrons. The maximum absolute atomic E-state index is 13.0. The average Bonchev–Trinajstić information content (AvgIpc) is 2.33. The van der Waals surface area contributed by atoms with E-state index in [9.17, 15) is 4.39 Å². The van der Waals surface area contributed by atoms with Crippen molar-refractivity contribution >= 4 is 23.2 Å². The highest BCUT2D eigenvalue weighted by Crippen LogP contribution is 2.22. The van der Waals surface area contributed by atoms with Gasteiger partial charge in [-0.05, 0) is 32.0 Å². The maximum Gasteiger partial charge on any atom is 0.230 e. The third kappa shape index (κ3) is 3.79. The van der Waals surface area contributed by atoms with Crippen LogP contribution in [0, 0.1) is 5.82 Å². The van der Waals surface area contributed by atoms with Crippen LogP contribution in [0.15, 0.2) is 30.5 Å². The van der Waals surface area contributed by atoms with Gasteiger partial charge in [0.2, 0.25) is 11.8 Å². The molecule has 0 fully saturated rings. The molecule has 0 unspecified atom stereocenters. The Labute approximate surface area is 115 Å². The van der Waals surface area contributed by atoms with Gasteiger partial charge in [0.25, 0.3) is 0 Å². The Morgan fingerprint density at radius 3 is 2.79 bits per heavy atom. The van der Waals surface area contributed by atoms with Crippen LogP contribution >= 0.6 is 11.6 Å². The Morgan fingerprint density at radius 2 is 2.11 bits per heavy atom. The van der Waals surface area contributed by atoms with Gasteiger partial charge in [-0.3, -0.25) is 0 Å². The van der Waals surface area contributed by atoms with Crippen molar-refractivity contribution in [2.24, 2.45) is 0 Å². The van der Waals surface area contributed by atoms with Crippen molar-refractivity contribution in [1.82, 2.24) is 9.97 Å². The number of aromatic nitrogens is 2. The van der Waals surface area contributed by atoms with E-state index in [2.05, 4.69) is 15.3 Å². The van der Waals surface area contributed by atoms with Crippen molar-refractivity contribution in [1.29, 1.82) is 0 Å². The molecule has 1 aromatic heterocycles. The summed E-state index contributed by atoms with van der Waals surface area (Å²) in [4.78, 5) is 8.23. The average molecular weight is 282 g/mol. The van der Waals surface area contributed by atoms with Gasteiger partial charge in [-0.15, -0.1) is 0 Å². The second-order valence-corrected chi connectivity index (χ2v) is 4.55. The SMILES string of the molecule is CC(C)Oc1ccnc(Nc2ccc(F)c(Cl)c2)n1. The van der Waals surface area contributed by atoms with Gasteiger partial charge < -0.3 is 10.1 Å². The monoisotopic (exact) mass is 281 g/mol. The van der Waals surface area contributed by atoms with E-state index in [-0.39, 0.29) is 11.1 Å². The zero-order chi connectivity index (χ0) is 13.8. The number of hydrogen-bond donors (Lipinski definition) is 1. The summed E-state index contributed by atoms with van der Waals surface area (Å²) in [5, 5.41) is 2.97. The van der Waals surface area contributed by atoms with Gasteiger partial charge in [-0.2, -0.15) is 4.98 Å². The topological polar surface area (TPSA) is 47.0 Å².